The molecule has 2 unspecified atom stereocenters. The van der Waals surface area contributed by atoms with Crippen molar-refractivity contribution in [2.45, 2.75) is 27.9 Å². The first-order chi connectivity index (χ1) is 15.6. The van der Waals surface area contributed by atoms with Crippen LogP contribution in [0.1, 0.15) is 16.0 Å². The number of hydrogen-bond donors (Lipinski definition) is 2. The van der Waals surface area contributed by atoms with Crippen LogP contribution in [0, 0.1) is 6.92 Å². The summed E-state index contributed by atoms with van der Waals surface area (Å²) >= 11 is 4.03. The van der Waals surface area contributed by atoms with Gasteiger partial charge in [-0.15, -0.1) is 22.0 Å². The Kier molecular flexibility index (Phi) is 6.57. The average molecular weight is 531 g/mol. The third kappa shape index (κ3) is 4.67. The summed E-state index contributed by atoms with van der Waals surface area (Å²) in [6.45, 7) is 1.82. The van der Waals surface area contributed by atoms with Gasteiger partial charge in [0.2, 0.25) is 5.91 Å². The monoisotopic (exact) mass is 530 g/mol. The van der Waals surface area contributed by atoms with Gasteiger partial charge in [-0.25, -0.2) is 13.2 Å². The molecule has 2 amide bonds. The Labute approximate surface area is 200 Å². The van der Waals surface area contributed by atoms with Crippen LogP contribution in [0.5, 0.6) is 0 Å². The highest BCUT2D eigenvalue weighted by Gasteiger charge is 2.55. The smallest absolute Gasteiger partial charge is 0.352 e. The number of nitrogens with one attached hydrogen (secondary N) is 1. The molecule has 2 aromatic rings. The fourth-order valence-electron chi connectivity index (χ4n) is 3.48. The minimum atomic E-state index is -3.88. The van der Waals surface area contributed by atoms with Gasteiger partial charge in [0.1, 0.15) is 27.9 Å². The molecule has 11 nitrogen and oxygen atoms in total. The highest BCUT2D eigenvalue weighted by molar-refractivity contribution is 8.01. The maximum atomic E-state index is 12.8. The first-order valence-electron chi connectivity index (χ1n) is 9.43. The van der Waals surface area contributed by atoms with Gasteiger partial charge < -0.3 is 14.8 Å². The summed E-state index contributed by atoms with van der Waals surface area (Å²) in [5.74, 6) is -2.16. The van der Waals surface area contributed by atoms with Crippen LogP contribution < -0.4 is 5.32 Å². The van der Waals surface area contributed by atoms with E-state index in [1.54, 1.807) is 0 Å². The summed E-state index contributed by atoms with van der Waals surface area (Å²) < 4.78 is 30.2. The fraction of sp³-hybridized carbons (Fsp3) is 0.389. The van der Waals surface area contributed by atoms with Crippen molar-refractivity contribution in [3.05, 3.63) is 40.4 Å². The van der Waals surface area contributed by atoms with E-state index in [0.29, 0.717) is 21.4 Å². The van der Waals surface area contributed by atoms with Gasteiger partial charge in [0.15, 0.2) is 19.4 Å². The molecule has 2 N–H and O–H groups in total. The van der Waals surface area contributed by atoms with Crippen LogP contribution in [0.15, 0.2) is 38.4 Å². The molecule has 0 spiro atoms. The van der Waals surface area contributed by atoms with Gasteiger partial charge >= 0.3 is 5.97 Å². The number of fused-ring (bicyclic) bond motifs is 1. The number of carbonyl (C=O) groups excluding carboxylic acids is 2. The number of carboxylic acid groups (broad SMARTS) is 1. The maximum Gasteiger partial charge on any atom is 0.352 e. The highest BCUT2D eigenvalue weighted by Crippen LogP contribution is 2.42. The van der Waals surface area contributed by atoms with Gasteiger partial charge in [0.25, 0.3) is 5.91 Å². The minimum absolute atomic E-state index is 0.0627. The molecular formula is C18H18N4O7S4. The van der Waals surface area contributed by atoms with Crippen molar-refractivity contribution < 1.29 is 32.3 Å². The summed E-state index contributed by atoms with van der Waals surface area (Å²) in [4.78, 5) is 38.7. The SMILES string of the molecule is Cc1nnc(SCC2=C(C(=O)O)N3C(=O)C(NC(=O)C(c4ccco4)S(C)(=O)=O)[C@H]3SC2)s1. The van der Waals surface area contributed by atoms with Crippen molar-refractivity contribution >= 4 is 62.5 Å². The first-order valence-corrected chi connectivity index (χ1v) is 14.2. The zero-order chi connectivity index (χ0) is 23.9. The number of sulfone groups is 1. The van der Waals surface area contributed by atoms with E-state index in [4.69, 9.17) is 4.42 Å². The van der Waals surface area contributed by atoms with E-state index in [1.165, 1.54) is 53.3 Å². The molecule has 2 aliphatic rings. The number of thioether (sulfide) groups is 2. The molecule has 1 fully saturated rings. The Morgan fingerprint density at radius 1 is 1.42 bits per heavy atom. The summed E-state index contributed by atoms with van der Waals surface area (Å²) in [7, 11) is -3.88. The molecule has 4 heterocycles. The average Bonchev–Trinajstić information content (AvgIpc) is 3.40. The van der Waals surface area contributed by atoms with E-state index < -0.39 is 44.3 Å². The van der Waals surface area contributed by atoms with Gasteiger partial charge in [-0.05, 0) is 24.6 Å². The van der Waals surface area contributed by atoms with E-state index >= 15 is 0 Å². The third-order valence-corrected chi connectivity index (χ3v) is 9.59. The number of nitrogens with zero attached hydrogens (tertiary/aromatic N) is 3. The second kappa shape index (κ2) is 9.12. The molecule has 0 saturated carbocycles. The zero-order valence-corrected chi connectivity index (χ0v) is 20.5. The quantitative estimate of drug-likeness (QED) is 0.371. The Hall–Kier alpha value is -2.36. The minimum Gasteiger partial charge on any atom is -0.477 e. The van der Waals surface area contributed by atoms with Crippen LogP contribution in [-0.4, -0.2) is 75.6 Å². The second-order valence-corrected chi connectivity index (χ2v) is 12.9. The van der Waals surface area contributed by atoms with E-state index in [9.17, 15) is 27.9 Å². The summed E-state index contributed by atoms with van der Waals surface area (Å²) in [5, 5.41) is 18.7. The summed E-state index contributed by atoms with van der Waals surface area (Å²) in [5.41, 5.74) is 0.443. The molecule has 4 rings (SSSR count). The van der Waals surface area contributed by atoms with E-state index in [2.05, 4.69) is 15.5 Å². The Morgan fingerprint density at radius 3 is 2.76 bits per heavy atom. The van der Waals surface area contributed by atoms with Gasteiger partial charge in [-0.2, -0.15) is 0 Å². The van der Waals surface area contributed by atoms with Crippen molar-refractivity contribution in [3.8, 4) is 0 Å². The maximum absolute atomic E-state index is 12.8. The molecule has 33 heavy (non-hydrogen) atoms. The van der Waals surface area contributed by atoms with Gasteiger partial charge in [0, 0.05) is 17.8 Å². The molecule has 176 valence electrons. The number of aromatic nitrogens is 2. The van der Waals surface area contributed by atoms with Crippen LogP contribution in [0.3, 0.4) is 0 Å². The first kappa shape index (κ1) is 23.8. The Balaban J connectivity index is 1.51. The largest absolute Gasteiger partial charge is 0.477 e. The number of carbonyl (C=O) groups is 3. The number of β-lactam (4-membered cyclic amide) rings is 1. The lowest BCUT2D eigenvalue weighted by atomic mass is 10.0. The number of carboxylic acids is 1. The van der Waals surface area contributed by atoms with E-state index in [-0.39, 0.29) is 11.5 Å². The van der Waals surface area contributed by atoms with Crippen LogP contribution in [0.4, 0.5) is 0 Å². The molecule has 1 saturated heterocycles. The van der Waals surface area contributed by atoms with Crippen LogP contribution in [0.2, 0.25) is 0 Å². The normalized spacial score (nSPS) is 21.4. The molecule has 2 aromatic heterocycles. The molecule has 0 aromatic carbocycles. The lowest BCUT2D eigenvalue weighted by Crippen LogP contribution is -2.71. The van der Waals surface area contributed by atoms with Crippen molar-refractivity contribution in [3.63, 3.8) is 0 Å². The lowest BCUT2D eigenvalue weighted by molar-refractivity contribution is -0.150. The van der Waals surface area contributed by atoms with E-state index in [1.807, 2.05) is 6.92 Å². The fourth-order valence-corrected chi connectivity index (χ4v) is 7.80. The van der Waals surface area contributed by atoms with Crippen molar-refractivity contribution in [1.29, 1.82) is 0 Å². The number of rotatable bonds is 8. The Bertz CT molecular complexity index is 1240. The number of amides is 2. The number of furan rings is 1. The predicted molar refractivity (Wildman–Crippen MR) is 121 cm³/mol. The van der Waals surface area contributed by atoms with Crippen LogP contribution >= 0.6 is 34.9 Å². The third-order valence-electron chi connectivity index (χ3n) is 4.89. The molecule has 0 bridgehead atoms. The van der Waals surface area contributed by atoms with Crippen LogP contribution in [-0.2, 0) is 24.2 Å². The van der Waals surface area contributed by atoms with Crippen LogP contribution in [0.25, 0.3) is 0 Å². The highest BCUT2D eigenvalue weighted by atomic mass is 32.2. The standard InChI is InChI=1S/C18H18N4O7S4/c1-8-20-21-18(32-8)31-7-9-6-30-16-11(15(24)22(16)12(9)17(25)26)19-14(23)13(33(2,27)28)10-4-3-5-29-10/h3-5,11,13,16H,6-7H2,1-2H3,(H,19,23)(H,25,26)/t11?,13?,16-/m1/s1. The topological polar surface area (TPSA) is 160 Å². The molecule has 0 radical (unpaired) electrons. The summed E-state index contributed by atoms with van der Waals surface area (Å²) in [6, 6.07) is 1.78. The van der Waals surface area contributed by atoms with Gasteiger partial charge in [0.05, 0.1) is 6.26 Å². The number of hydrogen-bond acceptors (Lipinski definition) is 11. The van der Waals surface area contributed by atoms with Gasteiger partial charge in [-0.1, -0.05) is 23.1 Å². The van der Waals surface area contributed by atoms with Crippen molar-refractivity contribution in [2.75, 3.05) is 17.8 Å². The molecule has 3 atom stereocenters. The van der Waals surface area contributed by atoms with Crippen molar-refractivity contribution in [1.82, 2.24) is 20.4 Å². The molecule has 15 heteroatoms. The number of aryl methyl sites for hydroxylation is 1. The van der Waals surface area contributed by atoms with E-state index in [0.717, 1.165) is 16.2 Å². The predicted octanol–water partition coefficient (Wildman–Crippen LogP) is 1.06. The molecule has 0 aliphatic carbocycles. The number of aliphatic carboxylic acids is 1. The Morgan fingerprint density at radius 2 is 2.18 bits per heavy atom. The zero-order valence-electron chi connectivity index (χ0n) is 17.2. The van der Waals surface area contributed by atoms with Crippen molar-refractivity contribution in [2.24, 2.45) is 0 Å². The molecular weight excluding hydrogens is 512 g/mol. The molecule has 2 aliphatic heterocycles. The summed E-state index contributed by atoms with van der Waals surface area (Å²) in [6.07, 6.45) is 2.15. The van der Waals surface area contributed by atoms with Gasteiger partial charge in [-0.3, -0.25) is 14.5 Å². The second-order valence-electron chi connectivity index (χ2n) is 7.25. The lowest BCUT2D eigenvalue weighted by Gasteiger charge is -2.49.